The summed E-state index contributed by atoms with van der Waals surface area (Å²) in [6.45, 7) is 7.13. The average molecular weight is 159 g/mol. The number of nitrogens with zero attached hydrogens (tertiary/aromatic N) is 1. The van der Waals surface area contributed by atoms with Crippen molar-refractivity contribution in [3.8, 4) is 0 Å². The standard InChI is InChI=1S/C8H17NO2/c1-5-11-8(10)9(4)6-7(2)3/h7H,5-6H2,1-4H3. The highest BCUT2D eigenvalue weighted by Crippen LogP contribution is 1.97. The molecular formula is C8H17NO2. The molecule has 0 unspecified atom stereocenters. The van der Waals surface area contributed by atoms with Gasteiger partial charge in [0.15, 0.2) is 0 Å². The van der Waals surface area contributed by atoms with Crippen LogP contribution in [0.3, 0.4) is 0 Å². The van der Waals surface area contributed by atoms with Crippen LogP contribution in [0.15, 0.2) is 0 Å². The monoisotopic (exact) mass is 159 g/mol. The van der Waals surface area contributed by atoms with Gasteiger partial charge in [0, 0.05) is 13.6 Å². The fourth-order valence-corrected chi connectivity index (χ4v) is 0.856. The molecule has 0 saturated carbocycles. The van der Waals surface area contributed by atoms with E-state index in [1.54, 1.807) is 18.9 Å². The molecule has 1 amide bonds. The van der Waals surface area contributed by atoms with Gasteiger partial charge in [0.2, 0.25) is 0 Å². The minimum atomic E-state index is -0.235. The highest BCUT2D eigenvalue weighted by atomic mass is 16.5. The summed E-state index contributed by atoms with van der Waals surface area (Å²) < 4.78 is 4.79. The summed E-state index contributed by atoms with van der Waals surface area (Å²) in [7, 11) is 1.75. The lowest BCUT2D eigenvalue weighted by molar-refractivity contribution is 0.112. The molecule has 0 aromatic heterocycles. The van der Waals surface area contributed by atoms with Gasteiger partial charge in [0.25, 0.3) is 0 Å². The first-order valence-electron chi connectivity index (χ1n) is 3.95. The maximum absolute atomic E-state index is 11.0. The molecule has 0 N–H and O–H groups in total. The van der Waals surface area contributed by atoms with Crippen molar-refractivity contribution in [1.82, 2.24) is 4.90 Å². The van der Waals surface area contributed by atoms with Crippen molar-refractivity contribution >= 4 is 6.09 Å². The highest BCUT2D eigenvalue weighted by molar-refractivity contribution is 5.67. The van der Waals surface area contributed by atoms with Gasteiger partial charge in [-0.1, -0.05) is 13.8 Å². The molecule has 0 aliphatic carbocycles. The van der Waals surface area contributed by atoms with Crippen LogP contribution in [0.4, 0.5) is 4.79 Å². The van der Waals surface area contributed by atoms with Crippen LogP contribution in [0, 0.1) is 5.92 Å². The lowest BCUT2D eigenvalue weighted by atomic mass is 10.2. The van der Waals surface area contributed by atoms with Crippen molar-refractivity contribution in [2.24, 2.45) is 5.92 Å². The van der Waals surface area contributed by atoms with Crippen molar-refractivity contribution in [2.45, 2.75) is 20.8 Å². The molecule has 0 saturated heterocycles. The Hall–Kier alpha value is -0.730. The number of carbonyl (C=O) groups is 1. The maximum Gasteiger partial charge on any atom is 0.409 e. The Bertz CT molecular complexity index is 123. The Morgan fingerprint density at radius 2 is 2.09 bits per heavy atom. The van der Waals surface area contributed by atoms with Crippen molar-refractivity contribution in [3.63, 3.8) is 0 Å². The van der Waals surface area contributed by atoms with Crippen molar-refractivity contribution in [2.75, 3.05) is 20.2 Å². The molecule has 0 bridgehead atoms. The molecule has 0 spiro atoms. The van der Waals surface area contributed by atoms with Crippen LogP contribution in [-0.4, -0.2) is 31.2 Å². The summed E-state index contributed by atoms with van der Waals surface area (Å²) in [5, 5.41) is 0. The molecule has 0 heterocycles. The molecule has 0 aliphatic rings. The Kier molecular flexibility index (Phi) is 4.66. The quantitative estimate of drug-likeness (QED) is 0.627. The van der Waals surface area contributed by atoms with Gasteiger partial charge in [-0.3, -0.25) is 0 Å². The van der Waals surface area contributed by atoms with Crippen LogP contribution in [0.2, 0.25) is 0 Å². The first-order chi connectivity index (χ1) is 5.07. The molecule has 0 atom stereocenters. The number of carbonyl (C=O) groups excluding carboxylic acids is 1. The fourth-order valence-electron chi connectivity index (χ4n) is 0.856. The predicted octanol–water partition coefficient (Wildman–Crippen LogP) is 1.73. The van der Waals surface area contributed by atoms with Crippen molar-refractivity contribution in [3.05, 3.63) is 0 Å². The Labute approximate surface area is 68.3 Å². The summed E-state index contributed by atoms with van der Waals surface area (Å²) in [4.78, 5) is 12.6. The lowest BCUT2D eigenvalue weighted by Gasteiger charge is -2.17. The van der Waals surface area contributed by atoms with Gasteiger partial charge in [0.1, 0.15) is 0 Å². The normalized spacial score (nSPS) is 9.91. The Morgan fingerprint density at radius 1 is 1.55 bits per heavy atom. The van der Waals surface area contributed by atoms with E-state index in [0.29, 0.717) is 12.5 Å². The second kappa shape index (κ2) is 4.99. The van der Waals surface area contributed by atoms with Gasteiger partial charge >= 0.3 is 6.09 Å². The van der Waals surface area contributed by atoms with Crippen LogP contribution in [0.25, 0.3) is 0 Å². The van der Waals surface area contributed by atoms with E-state index in [4.69, 9.17) is 4.74 Å². The minimum Gasteiger partial charge on any atom is -0.450 e. The summed E-state index contributed by atoms with van der Waals surface area (Å²) in [6, 6.07) is 0. The van der Waals surface area contributed by atoms with Crippen LogP contribution < -0.4 is 0 Å². The van der Waals surface area contributed by atoms with E-state index in [-0.39, 0.29) is 6.09 Å². The summed E-state index contributed by atoms with van der Waals surface area (Å²) in [6.07, 6.45) is -0.235. The number of rotatable bonds is 3. The SMILES string of the molecule is CCOC(=O)N(C)CC(C)C. The molecular weight excluding hydrogens is 142 g/mol. The molecule has 0 radical (unpaired) electrons. The van der Waals surface area contributed by atoms with E-state index >= 15 is 0 Å². The third-order valence-corrected chi connectivity index (χ3v) is 1.22. The second-order valence-corrected chi connectivity index (χ2v) is 2.97. The predicted molar refractivity (Wildman–Crippen MR) is 44.5 cm³/mol. The number of hydrogen-bond donors (Lipinski definition) is 0. The van der Waals surface area contributed by atoms with Crippen LogP contribution in [0.1, 0.15) is 20.8 Å². The molecule has 3 nitrogen and oxygen atoms in total. The molecule has 0 aromatic rings. The molecule has 0 aromatic carbocycles. The minimum absolute atomic E-state index is 0.235. The molecule has 3 heteroatoms. The number of amides is 1. The van der Waals surface area contributed by atoms with Gasteiger partial charge in [-0.15, -0.1) is 0 Å². The first-order valence-corrected chi connectivity index (χ1v) is 3.95. The van der Waals surface area contributed by atoms with E-state index in [2.05, 4.69) is 13.8 Å². The van der Waals surface area contributed by atoms with Gasteiger partial charge in [-0.25, -0.2) is 4.79 Å². The van der Waals surface area contributed by atoms with Crippen molar-refractivity contribution in [1.29, 1.82) is 0 Å². The Balaban J connectivity index is 3.64. The zero-order valence-corrected chi connectivity index (χ0v) is 7.76. The molecule has 11 heavy (non-hydrogen) atoms. The van der Waals surface area contributed by atoms with Crippen molar-refractivity contribution < 1.29 is 9.53 Å². The summed E-state index contributed by atoms with van der Waals surface area (Å²) >= 11 is 0. The Morgan fingerprint density at radius 3 is 2.45 bits per heavy atom. The number of ether oxygens (including phenoxy) is 1. The third-order valence-electron chi connectivity index (χ3n) is 1.22. The van der Waals surface area contributed by atoms with Crippen LogP contribution in [0.5, 0.6) is 0 Å². The smallest absolute Gasteiger partial charge is 0.409 e. The molecule has 66 valence electrons. The lowest BCUT2D eigenvalue weighted by Crippen LogP contribution is -2.30. The zero-order valence-electron chi connectivity index (χ0n) is 7.76. The van der Waals surface area contributed by atoms with Gasteiger partial charge in [0.05, 0.1) is 6.61 Å². The molecule has 0 rings (SSSR count). The molecule has 0 fully saturated rings. The van der Waals surface area contributed by atoms with E-state index in [1.807, 2.05) is 0 Å². The summed E-state index contributed by atoms with van der Waals surface area (Å²) in [5.74, 6) is 0.490. The van der Waals surface area contributed by atoms with E-state index in [0.717, 1.165) is 6.54 Å². The van der Waals surface area contributed by atoms with E-state index in [1.165, 1.54) is 0 Å². The second-order valence-electron chi connectivity index (χ2n) is 2.97. The maximum atomic E-state index is 11.0. The third kappa shape index (κ3) is 4.65. The summed E-state index contributed by atoms with van der Waals surface area (Å²) in [5.41, 5.74) is 0. The molecule has 0 aliphatic heterocycles. The van der Waals surface area contributed by atoms with E-state index in [9.17, 15) is 4.79 Å². The number of hydrogen-bond acceptors (Lipinski definition) is 2. The average Bonchev–Trinajstić information content (AvgIpc) is 1.86. The van der Waals surface area contributed by atoms with E-state index < -0.39 is 0 Å². The fraction of sp³-hybridized carbons (Fsp3) is 0.875. The topological polar surface area (TPSA) is 29.5 Å². The largest absolute Gasteiger partial charge is 0.450 e. The van der Waals surface area contributed by atoms with Gasteiger partial charge < -0.3 is 9.64 Å². The van der Waals surface area contributed by atoms with Crippen LogP contribution >= 0.6 is 0 Å². The van der Waals surface area contributed by atoms with Gasteiger partial charge in [-0.2, -0.15) is 0 Å². The van der Waals surface area contributed by atoms with Crippen LogP contribution in [-0.2, 0) is 4.74 Å². The highest BCUT2D eigenvalue weighted by Gasteiger charge is 2.09. The zero-order chi connectivity index (χ0) is 8.85. The first kappa shape index (κ1) is 10.3. The van der Waals surface area contributed by atoms with Gasteiger partial charge in [-0.05, 0) is 12.8 Å².